The van der Waals surface area contributed by atoms with E-state index in [9.17, 15) is 9.59 Å². The third-order valence-corrected chi connectivity index (χ3v) is 5.15. The van der Waals surface area contributed by atoms with E-state index in [1.165, 1.54) is 7.11 Å². The lowest BCUT2D eigenvalue weighted by atomic mass is 10.1. The summed E-state index contributed by atoms with van der Waals surface area (Å²) in [5, 5.41) is 6.38. The Balaban J connectivity index is 1.59. The fraction of sp³-hybridized carbons (Fsp3) is 0.231. The molecule has 0 saturated heterocycles. The molecular weight excluding hydrogens is 456 g/mol. The van der Waals surface area contributed by atoms with Gasteiger partial charge in [0, 0.05) is 17.9 Å². The van der Waals surface area contributed by atoms with Crippen LogP contribution in [0.25, 0.3) is 0 Å². The van der Waals surface area contributed by atoms with Crippen LogP contribution in [0.2, 0.25) is 5.02 Å². The number of hydrogen-bond acceptors (Lipinski definition) is 6. The number of benzene rings is 3. The van der Waals surface area contributed by atoms with Crippen molar-refractivity contribution in [3.05, 3.63) is 82.4 Å². The Morgan fingerprint density at radius 1 is 0.971 bits per heavy atom. The van der Waals surface area contributed by atoms with E-state index < -0.39 is 0 Å². The van der Waals surface area contributed by atoms with Gasteiger partial charge in [0.2, 0.25) is 0 Å². The van der Waals surface area contributed by atoms with Crippen LogP contribution in [0.5, 0.6) is 11.5 Å². The van der Waals surface area contributed by atoms with Crippen LogP contribution in [0, 0.1) is 6.92 Å². The highest BCUT2D eigenvalue weighted by molar-refractivity contribution is 6.32. The zero-order valence-electron chi connectivity index (χ0n) is 19.3. The number of amides is 1. The lowest BCUT2D eigenvalue weighted by Crippen LogP contribution is -2.20. The number of carbonyl (C=O) groups excluding carboxylic acids is 2. The standard InChI is InChI=1S/C26H27ClN2O5/c1-4-33-26(31)19-7-11-20(12-8-19)28-15-18-13-22(27)25(23(14-18)32-3)34-16-24(30)29-21-9-5-17(2)6-10-21/h5-14,28H,4,15-16H2,1-3H3,(H,29,30). The summed E-state index contributed by atoms with van der Waals surface area (Å²) >= 11 is 6.43. The van der Waals surface area contributed by atoms with E-state index in [1.807, 2.05) is 31.2 Å². The third kappa shape index (κ3) is 6.89. The molecule has 0 radical (unpaired) electrons. The second-order valence-corrected chi connectivity index (χ2v) is 7.87. The van der Waals surface area contributed by atoms with Crippen molar-refractivity contribution in [1.29, 1.82) is 0 Å². The quantitative estimate of drug-likeness (QED) is 0.373. The molecule has 0 heterocycles. The number of rotatable bonds is 10. The van der Waals surface area contributed by atoms with Gasteiger partial charge in [-0.25, -0.2) is 4.79 Å². The van der Waals surface area contributed by atoms with Crippen molar-refractivity contribution in [3.8, 4) is 11.5 Å². The van der Waals surface area contributed by atoms with Crippen molar-refractivity contribution in [3.63, 3.8) is 0 Å². The molecule has 0 atom stereocenters. The highest BCUT2D eigenvalue weighted by Gasteiger charge is 2.14. The molecule has 8 heteroatoms. The summed E-state index contributed by atoms with van der Waals surface area (Å²) in [6, 6.07) is 18.0. The average Bonchev–Trinajstić information content (AvgIpc) is 2.83. The van der Waals surface area contributed by atoms with Gasteiger partial charge >= 0.3 is 5.97 Å². The molecule has 0 saturated carbocycles. The fourth-order valence-corrected chi connectivity index (χ4v) is 3.42. The van der Waals surface area contributed by atoms with Crippen LogP contribution in [-0.2, 0) is 16.1 Å². The minimum absolute atomic E-state index is 0.214. The van der Waals surface area contributed by atoms with Crippen molar-refractivity contribution in [2.24, 2.45) is 0 Å². The van der Waals surface area contributed by atoms with Crippen LogP contribution >= 0.6 is 11.6 Å². The number of esters is 1. The highest BCUT2D eigenvalue weighted by Crippen LogP contribution is 2.36. The highest BCUT2D eigenvalue weighted by atomic mass is 35.5. The minimum atomic E-state index is -0.353. The van der Waals surface area contributed by atoms with Gasteiger partial charge in [-0.1, -0.05) is 29.3 Å². The van der Waals surface area contributed by atoms with Crippen LogP contribution < -0.4 is 20.1 Å². The lowest BCUT2D eigenvalue weighted by molar-refractivity contribution is -0.118. The van der Waals surface area contributed by atoms with Crippen molar-refractivity contribution < 1.29 is 23.8 Å². The van der Waals surface area contributed by atoms with Gasteiger partial charge in [0.15, 0.2) is 18.1 Å². The lowest BCUT2D eigenvalue weighted by Gasteiger charge is -2.15. The number of nitrogens with one attached hydrogen (secondary N) is 2. The average molecular weight is 483 g/mol. The topological polar surface area (TPSA) is 85.9 Å². The number of aryl methyl sites for hydroxylation is 1. The molecule has 178 valence electrons. The Morgan fingerprint density at radius 2 is 1.65 bits per heavy atom. The summed E-state index contributed by atoms with van der Waals surface area (Å²) in [5.74, 6) is 0.0588. The molecule has 3 aromatic carbocycles. The van der Waals surface area contributed by atoms with Crippen LogP contribution in [0.15, 0.2) is 60.7 Å². The number of methoxy groups -OCH3 is 1. The van der Waals surface area contributed by atoms with E-state index in [0.29, 0.717) is 40.9 Å². The molecule has 7 nitrogen and oxygen atoms in total. The van der Waals surface area contributed by atoms with Gasteiger partial charge < -0.3 is 24.8 Å². The van der Waals surface area contributed by atoms with Crippen LogP contribution in [-0.4, -0.2) is 32.2 Å². The van der Waals surface area contributed by atoms with Crippen LogP contribution in [0.3, 0.4) is 0 Å². The first-order valence-corrected chi connectivity index (χ1v) is 11.1. The Kier molecular flexibility index (Phi) is 8.76. The van der Waals surface area contributed by atoms with Gasteiger partial charge in [-0.2, -0.15) is 0 Å². The monoisotopic (exact) mass is 482 g/mol. The molecule has 0 bridgehead atoms. The zero-order chi connectivity index (χ0) is 24.5. The van der Waals surface area contributed by atoms with E-state index in [2.05, 4.69) is 10.6 Å². The van der Waals surface area contributed by atoms with Gasteiger partial charge in [-0.15, -0.1) is 0 Å². The Labute approximate surface area is 204 Å². The largest absolute Gasteiger partial charge is 0.493 e. The maximum Gasteiger partial charge on any atom is 0.338 e. The van der Waals surface area contributed by atoms with Gasteiger partial charge in [0.05, 0.1) is 24.3 Å². The number of carbonyl (C=O) groups is 2. The predicted octanol–water partition coefficient (Wildman–Crippen LogP) is 5.46. The fourth-order valence-electron chi connectivity index (χ4n) is 3.13. The minimum Gasteiger partial charge on any atom is -0.493 e. The molecule has 0 aliphatic rings. The van der Waals surface area contributed by atoms with Gasteiger partial charge in [0.25, 0.3) is 5.91 Å². The molecular formula is C26H27ClN2O5. The molecule has 0 aromatic heterocycles. The van der Waals surface area contributed by atoms with E-state index in [0.717, 1.165) is 16.8 Å². The Bertz CT molecular complexity index is 1130. The first kappa shape index (κ1) is 24.9. The molecule has 0 spiro atoms. The SMILES string of the molecule is CCOC(=O)c1ccc(NCc2cc(Cl)c(OCC(=O)Nc3ccc(C)cc3)c(OC)c2)cc1. The molecule has 3 rings (SSSR count). The van der Waals surface area contributed by atoms with E-state index >= 15 is 0 Å². The van der Waals surface area contributed by atoms with Gasteiger partial charge in [-0.05, 0) is 67.9 Å². The van der Waals surface area contributed by atoms with Crippen molar-refractivity contribution in [2.45, 2.75) is 20.4 Å². The molecule has 0 aliphatic heterocycles. The molecule has 34 heavy (non-hydrogen) atoms. The van der Waals surface area contributed by atoms with E-state index in [4.69, 9.17) is 25.8 Å². The van der Waals surface area contributed by atoms with Gasteiger partial charge in [0.1, 0.15) is 0 Å². The molecule has 3 aromatic rings. The smallest absolute Gasteiger partial charge is 0.338 e. The van der Waals surface area contributed by atoms with E-state index in [-0.39, 0.29) is 18.5 Å². The summed E-state index contributed by atoms with van der Waals surface area (Å²) in [7, 11) is 1.51. The third-order valence-electron chi connectivity index (χ3n) is 4.86. The van der Waals surface area contributed by atoms with Crippen LogP contribution in [0.1, 0.15) is 28.4 Å². The predicted molar refractivity (Wildman–Crippen MR) is 133 cm³/mol. The summed E-state index contributed by atoms with van der Waals surface area (Å²) in [5.41, 5.74) is 3.97. The summed E-state index contributed by atoms with van der Waals surface area (Å²) < 4.78 is 16.1. The number of hydrogen-bond donors (Lipinski definition) is 2. The Hall–Kier alpha value is -3.71. The summed E-state index contributed by atoms with van der Waals surface area (Å²) in [6.07, 6.45) is 0. The number of ether oxygens (including phenoxy) is 3. The second-order valence-electron chi connectivity index (χ2n) is 7.46. The number of anilines is 2. The number of halogens is 1. The first-order chi connectivity index (χ1) is 16.4. The summed E-state index contributed by atoms with van der Waals surface area (Å²) in [6.45, 7) is 4.32. The second kappa shape index (κ2) is 12.0. The van der Waals surface area contributed by atoms with Crippen LogP contribution in [0.4, 0.5) is 11.4 Å². The van der Waals surface area contributed by atoms with Crippen molar-refractivity contribution >= 4 is 34.9 Å². The van der Waals surface area contributed by atoms with Crippen molar-refractivity contribution in [2.75, 3.05) is 31.0 Å². The summed E-state index contributed by atoms with van der Waals surface area (Å²) in [4.78, 5) is 24.0. The molecule has 0 fully saturated rings. The maximum absolute atomic E-state index is 12.3. The van der Waals surface area contributed by atoms with E-state index in [1.54, 1.807) is 43.3 Å². The first-order valence-electron chi connectivity index (χ1n) is 10.8. The van der Waals surface area contributed by atoms with Gasteiger partial charge in [-0.3, -0.25) is 4.79 Å². The zero-order valence-corrected chi connectivity index (χ0v) is 20.1. The van der Waals surface area contributed by atoms with Crippen molar-refractivity contribution in [1.82, 2.24) is 0 Å². The Morgan fingerprint density at radius 3 is 2.29 bits per heavy atom. The maximum atomic E-state index is 12.3. The normalized spacial score (nSPS) is 10.4. The molecule has 0 unspecified atom stereocenters. The molecule has 2 N–H and O–H groups in total. The molecule has 0 aliphatic carbocycles. The molecule has 1 amide bonds.